The number of alkyl halides is 4. The topological polar surface area (TPSA) is 29.1 Å². The molecule has 0 radical (unpaired) electrons. The highest BCUT2D eigenvalue weighted by Crippen LogP contribution is 2.41. The van der Waals surface area contributed by atoms with Crippen LogP contribution in [0.2, 0.25) is 0 Å². The van der Waals surface area contributed by atoms with Crippen LogP contribution >= 0.6 is 11.6 Å². The van der Waals surface area contributed by atoms with Gasteiger partial charge in [-0.05, 0) is 32.1 Å². The van der Waals surface area contributed by atoms with Gasteiger partial charge in [-0.1, -0.05) is 6.42 Å². The highest BCUT2D eigenvalue weighted by molar-refractivity contribution is 6.19. The van der Waals surface area contributed by atoms with Crippen molar-refractivity contribution in [2.75, 3.05) is 5.88 Å². The Morgan fingerprint density at radius 2 is 2.00 bits per heavy atom. The molecule has 2 atom stereocenters. The third-order valence-corrected chi connectivity index (χ3v) is 4.52. The van der Waals surface area contributed by atoms with Crippen LogP contribution in [-0.4, -0.2) is 23.5 Å². The SMILES string of the molecule is O=C(NC1(CCl)CC1)C1CCCC(C(F)(F)F)C1. The maximum absolute atomic E-state index is 12.6. The molecule has 2 rings (SSSR count). The van der Waals surface area contributed by atoms with Gasteiger partial charge in [-0.3, -0.25) is 4.79 Å². The zero-order valence-corrected chi connectivity index (χ0v) is 10.8. The van der Waals surface area contributed by atoms with Crippen molar-refractivity contribution in [3.63, 3.8) is 0 Å². The van der Waals surface area contributed by atoms with E-state index < -0.39 is 18.0 Å². The Morgan fingerprint density at radius 1 is 1.33 bits per heavy atom. The summed E-state index contributed by atoms with van der Waals surface area (Å²) in [5.74, 6) is -1.74. The number of nitrogens with one attached hydrogen (secondary N) is 1. The number of carbonyl (C=O) groups is 1. The highest BCUT2D eigenvalue weighted by Gasteiger charge is 2.47. The van der Waals surface area contributed by atoms with Crippen LogP contribution in [0.1, 0.15) is 38.5 Å². The molecular weight excluding hydrogens is 267 g/mol. The van der Waals surface area contributed by atoms with Crippen molar-refractivity contribution in [3.05, 3.63) is 0 Å². The van der Waals surface area contributed by atoms with Gasteiger partial charge in [0.05, 0.1) is 11.5 Å². The Kier molecular flexibility index (Phi) is 3.81. The molecule has 2 unspecified atom stereocenters. The molecule has 18 heavy (non-hydrogen) atoms. The first-order chi connectivity index (χ1) is 8.36. The molecule has 0 aromatic carbocycles. The second kappa shape index (κ2) is 4.91. The van der Waals surface area contributed by atoms with Crippen molar-refractivity contribution in [1.82, 2.24) is 5.32 Å². The zero-order chi connectivity index (χ0) is 13.4. The van der Waals surface area contributed by atoms with E-state index in [1.165, 1.54) is 0 Å². The van der Waals surface area contributed by atoms with E-state index in [-0.39, 0.29) is 24.3 Å². The van der Waals surface area contributed by atoms with Crippen molar-refractivity contribution in [2.45, 2.75) is 50.2 Å². The van der Waals surface area contributed by atoms with Crippen LogP contribution in [0.4, 0.5) is 13.2 Å². The predicted octanol–water partition coefficient (Wildman–Crippen LogP) is 3.24. The summed E-state index contributed by atoms with van der Waals surface area (Å²) in [5.41, 5.74) is -0.330. The minimum absolute atomic E-state index is 0.0757. The molecule has 2 fully saturated rings. The van der Waals surface area contributed by atoms with Gasteiger partial charge in [0, 0.05) is 11.8 Å². The lowest BCUT2D eigenvalue weighted by Crippen LogP contribution is -2.44. The van der Waals surface area contributed by atoms with Gasteiger partial charge in [-0.2, -0.15) is 13.2 Å². The highest BCUT2D eigenvalue weighted by atomic mass is 35.5. The van der Waals surface area contributed by atoms with E-state index in [1.807, 2.05) is 0 Å². The van der Waals surface area contributed by atoms with E-state index in [2.05, 4.69) is 5.32 Å². The second-order valence-corrected chi connectivity index (χ2v) is 5.77. The lowest BCUT2D eigenvalue weighted by Gasteiger charge is -2.30. The third-order valence-electron chi connectivity index (χ3n) is 4.01. The molecule has 6 heteroatoms. The standard InChI is InChI=1S/C12H17ClF3NO/c13-7-11(4-5-11)17-10(18)8-2-1-3-9(6-8)12(14,15)16/h8-9H,1-7H2,(H,17,18). The fourth-order valence-electron chi connectivity index (χ4n) is 2.53. The molecule has 2 nitrogen and oxygen atoms in total. The average Bonchev–Trinajstić information content (AvgIpc) is 3.08. The number of hydrogen-bond acceptors (Lipinski definition) is 1. The van der Waals surface area contributed by atoms with Crippen LogP contribution in [-0.2, 0) is 4.79 Å². The summed E-state index contributed by atoms with van der Waals surface area (Å²) in [6.07, 6.45) is -1.42. The van der Waals surface area contributed by atoms with E-state index in [0.29, 0.717) is 18.7 Å². The van der Waals surface area contributed by atoms with E-state index in [0.717, 1.165) is 12.8 Å². The average molecular weight is 284 g/mol. The summed E-state index contributed by atoms with van der Waals surface area (Å²) in [6, 6.07) is 0. The fraction of sp³-hybridized carbons (Fsp3) is 0.917. The number of rotatable bonds is 3. The Balaban J connectivity index is 1.90. The first-order valence-corrected chi connectivity index (χ1v) is 6.84. The summed E-state index contributed by atoms with van der Waals surface area (Å²) in [4.78, 5) is 11.9. The Hall–Kier alpha value is -0.450. The smallest absolute Gasteiger partial charge is 0.349 e. The molecule has 0 aromatic rings. The number of carbonyl (C=O) groups excluding carboxylic acids is 1. The van der Waals surface area contributed by atoms with Gasteiger partial charge in [0.15, 0.2) is 0 Å². The van der Waals surface area contributed by atoms with Crippen molar-refractivity contribution >= 4 is 17.5 Å². The minimum atomic E-state index is -4.18. The van der Waals surface area contributed by atoms with Crippen LogP contribution in [0, 0.1) is 11.8 Å². The molecule has 0 bridgehead atoms. The molecule has 1 N–H and O–H groups in total. The van der Waals surface area contributed by atoms with Crippen molar-refractivity contribution < 1.29 is 18.0 Å². The molecule has 2 aliphatic rings. The van der Waals surface area contributed by atoms with Crippen LogP contribution < -0.4 is 5.32 Å². The Bertz CT molecular complexity index is 328. The van der Waals surface area contributed by atoms with Gasteiger partial charge in [0.2, 0.25) is 5.91 Å². The van der Waals surface area contributed by atoms with E-state index in [9.17, 15) is 18.0 Å². The third kappa shape index (κ3) is 3.11. The molecule has 0 aromatic heterocycles. The molecule has 1 amide bonds. The van der Waals surface area contributed by atoms with Gasteiger partial charge in [-0.25, -0.2) is 0 Å². The molecule has 2 saturated carbocycles. The fourth-order valence-corrected chi connectivity index (χ4v) is 2.87. The maximum atomic E-state index is 12.6. The summed E-state index contributed by atoms with van der Waals surface area (Å²) in [7, 11) is 0. The van der Waals surface area contributed by atoms with Crippen molar-refractivity contribution in [3.8, 4) is 0 Å². The zero-order valence-electron chi connectivity index (χ0n) is 10.0. The number of halogens is 4. The minimum Gasteiger partial charge on any atom is -0.349 e. The maximum Gasteiger partial charge on any atom is 0.391 e. The molecule has 0 aliphatic heterocycles. The van der Waals surface area contributed by atoms with Crippen LogP contribution in [0.25, 0.3) is 0 Å². The van der Waals surface area contributed by atoms with E-state index in [1.54, 1.807) is 0 Å². The molecule has 0 saturated heterocycles. The first-order valence-electron chi connectivity index (χ1n) is 6.31. The van der Waals surface area contributed by atoms with Crippen LogP contribution in [0.3, 0.4) is 0 Å². The lowest BCUT2D eigenvalue weighted by atomic mass is 9.80. The Morgan fingerprint density at radius 3 is 2.50 bits per heavy atom. The molecule has 104 valence electrons. The summed E-state index contributed by atoms with van der Waals surface area (Å²) < 4.78 is 37.9. The van der Waals surface area contributed by atoms with Crippen molar-refractivity contribution in [1.29, 1.82) is 0 Å². The summed E-state index contributed by atoms with van der Waals surface area (Å²) in [5, 5.41) is 2.82. The quantitative estimate of drug-likeness (QED) is 0.792. The number of hydrogen-bond donors (Lipinski definition) is 1. The lowest BCUT2D eigenvalue weighted by molar-refractivity contribution is -0.186. The van der Waals surface area contributed by atoms with Crippen molar-refractivity contribution in [2.24, 2.45) is 11.8 Å². The van der Waals surface area contributed by atoms with Gasteiger partial charge < -0.3 is 5.32 Å². The predicted molar refractivity (Wildman–Crippen MR) is 62.3 cm³/mol. The summed E-state index contributed by atoms with van der Waals surface area (Å²) in [6.45, 7) is 0. The van der Waals surface area contributed by atoms with Gasteiger partial charge in [-0.15, -0.1) is 11.6 Å². The molecule has 0 heterocycles. The number of amides is 1. The second-order valence-electron chi connectivity index (χ2n) is 5.51. The summed E-state index contributed by atoms with van der Waals surface area (Å²) >= 11 is 5.75. The molecule has 0 spiro atoms. The van der Waals surface area contributed by atoms with Crippen LogP contribution in [0.15, 0.2) is 0 Å². The van der Waals surface area contributed by atoms with Gasteiger partial charge in [0.25, 0.3) is 0 Å². The van der Waals surface area contributed by atoms with Crippen LogP contribution in [0.5, 0.6) is 0 Å². The van der Waals surface area contributed by atoms with Gasteiger partial charge in [0.1, 0.15) is 0 Å². The van der Waals surface area contributed by atoms with Gasteiger partial charge >= 0.3 is 6.18 Å². The normalized spacial score (nSPS) is 30.9. The monoisotopic (exact) mass is 283 g/mol. The first kappa shape index (κ1) is 14.0. The largest absolute Gasteiger partial charge is 0.391 e. The molecular formula is C12H17ClF3NO. The van der Waals surface area contributed by atoms with E-state index >= 15 is 0 Å². The van der Waals surface area contributed by atoms with E-state index in [4.69, 9.17) is 11.6 Å². The Labute approximate surface area is 109 Å². The molecule has 2 aliphatic carbocycles.